The summed E-state index contributed by atoms with van der Waals surface area (Å²) in [6.45, 7) is 3.91. The Morgan fingerprint density at radius 3 is 2.79 bits per heavy atom. The molecule has 0 saturated carbocycles. The third-order valence-corrected chi connectivity index (χ3v) is 4.53. The highest BCUT2D eigenvalue weighted by Crippen LogP contribution is 2.29. The molecular weight excluding hydrogens is 392 g/mol. The van der Waals surface area contributed by atoms with E-state index in [9.17, 15) is 10.1 Å². The maximum Gasteiger partial charge on any atom is 0.270 e. The van der Waals surface area contributed by atoms with Gasteiger partial charge in [-0.25, -0.2) is 4.98 Å². The van der Waals surface area contributed by atoms with E-state index in [1.165, 1.54) is 23.5 Å². The number of hydrazone groups is 1. The Hall–Kier alpha value is -3.46. The molecule has 3 rings (SSSR count). The fourth-order valence-corrected chi connectivity index (χ4v) is 3.18. The van der Waals surface area contributed by atoms with Gasteiger partial charge in [0.25, 0.3) is 5.69 Å². The van der Waals surface area contributed by atoms with Gasteiger partial charge in [0.15, 0.2) is 11.5 Å². The number of hydrogen-bond acceptors (Lipinski definition) is 8. The van der Waals surface area contributed by atoms with Crippen LogP contribution in [0.2, 0.25) is 0 Å². The van der Waals surface area contributed by atoms with E-state index < -0.39 is 4.92 Å². The smallest absolute Gasteiger partial charge is 0.270 e. The fourth-order valence-electron chi connectivity index (χ4n) is 2.51. The largest absolute Gasteiger partial charge is 0.493 e. The van der Waals surface area contributed by atoms with Gasteiger partial charge in [-0.1, -0.05) is 12.1 Å². The Balaban J connectivity index is 1.69. The molecule has 9 heteroatoms. The average Bonchev–Trinajstić information content (AvgIpc) is 3.17. The summed E-state index contributed by atoms with van der Waals surface area (Å²) in [5.41, 5.74) is 5.06. The van der Waals surface area contributed by atoms with E-state index in [-0.39, 0.29) is 11.8 Å². The number of nitro benzene ring substituents is 1. The maximum absolute atomic E-state index is 10.9. The number of ether oxygens (including phenoxy) is 2. The highest BCUT2D eigenvalue weighted by Gasteiger charge is 2.10. The third kappa shape index (κ3) is 5.29. The summed E-state index contributed by atoms with van der Waals surface area (Å²) in [7, 11) is 1.59. The predicted octanol–water partition coefficient (Wildman–Crippen LogP) is 4.96. The van der Waals surface area contributed by atoms with Crippen LogP contribution in [-0.2, 0) is 0 Å². The standard InChI is InChI=1S/C20H20N4O4S/c1-13(2)28-18-8-7-14(9-19(18)27-3)11-21-23-20-22-17(12-29-20)15-5-4-6-16(10-15)24(25)26/h4-13H,1-3H3,(H,22,23)/b21-11+. The summed E-state index contributed by atoms with van der Waals surface area (Å²) < 4.78 is 11.1. The zero-order valence-corrected chi connectivity index (χ0v) is 17.0. The molecule has 0 unspecified atom stereocenters. The number of benzene rings is 2. The van der Waals surface area contributed by atoms with Crippen LogP contribution < -0.4 is 14.9 Å². The van der Waals surface area contributed by atoms with E-state index in [0.717, 1.165) is 5.56 Å². The van der Waals surface area contributed by atoms with Crippen LogP contribution in [0.25, 0.3) is 11.3 Å². The highest BCUT2D eigenvalue weighted by atomic mass is 32.1. The summed E-state index contributed by atoms with van der Waals surface area (Å²) in [5.74, 6) is 1.30. The lowest BCUT2D eigenvalue weighted by molar-refractivity contribution is -0.384. The molecule has 1 aromatic heterocycles. The van der Waals surface area contributed by atoms with Crippen LogP contribution in [-0.4, -0.2) is 29.3 Å². The van der Waals surface area contributed by atoms with Crippen molar-refractivity contribution in [2.75, 3.05) is 12.5 Å². The van der Waals surface area contributed by atoms with Gasteiger partial charge in [0.1, 0.15) is 0 Å². The molecule has 0 fully saturated rings. The molecule has 2 aromatic carbocycles. The van der Waals surface area contributed by atoms with Gasteiger partial charge in [0.05, 0.1) is 30.0 Å². The summed E-state index contributed by atoms with van der Waals surface area (Å²) in [6, 6.07) is 11.9. The minimum absolute atomic E-state index is 0.0295. The van der Waals surface area contributed by atoms with E-state index in [0.29, 0.717) is 27.9 Å². The number of nitrogens with one attached hydrogen (secondary N) is 1. The molecule has 150 valence electrons. The van der Waals surface area contributed by atoms with Gasteiger partial charge in [-0.15, -0.1) is 11.3 Å². The van der Waals surface area contributed by atoms with Crippen molar-refractivity contribution in [3.63, 3.8) is 0 Å². The second kappa shape index (κ2) is 9.16. The first-order valence-electron chi connectivity index (χ1n) is 8.80. The van der Waals surface area contributed by atoms with E-state index >= 15 is 0 Å². The molecule has 3 aromatic rings. The number of non-ortho nitro benzene ring substituents is 1. The number of rotatable bonds is 8. The Morgan fingerprint density at radius 1 is 1.24 bits per heavy atom. The van der Waals surface area contributed by atoms with E-state index in [1.54, 1.807) is 25.5 Å². The molecule has 0 spiro atoms. The molecule has 1 heterocycles. The van der Waals surface area contributed by atoms with Crippen LogP contribution in [0.5, 0.6) is 11.5 Å². The van der Waals surface area contributed by atoms with Crippen molar-refractivity contribution in [2.24, 2.45) is 5.10 Å². The Labute approximate surface area is 172 Å². The normalized spacial score (nSPS) is 11.0. The molecule has 8 nitrogen and oxygen atoms in total. The Morgan fingerprint density at radius 2 is 2.07 bits per heavy atom. The summed E-state index contributed by atoms with van der Waals surface area (Å²) in [4.78, 5) is 14.9. The number of anilines is 1. The monoisotopic (exact) mass is 412 g/mol. The molecule has 1 N–H and O–H groups in total. The van der Waals surface area contributed by atoms with Crippen LogP contribution in [0.15, 0.2) is 52.9 Å². The van der Waals surface area contributed by atoms with Crippen molar-refractivity contribution in [1.29, 1.82) is 0 Å². The molecule has 0 atom stereocenters. The van der Waals surface area contributed by atoms with Crippen molar-refractivity contribution < 1.29 is 14.4 Å². The molecule has 0 aliphatic rings. The van der Waals surface area contributed by atoms with E-state index in [4.69, 9.17) is 9.47 Å². The SMILES string of the molecule is COc1cc(/C=N/Nc2nc(-c3cccc([N+](=O)[O-])c3)cs2)ccc1OC(C)C. The fraction of sp³-hybridized carbons (Fsp3) is 0.200. The summed E-state index contributed by atoms with van der Waals surface area (Å²) >= 11 is 1.36. The van der Waals surface area contributed by atoms with Crippen LogP contribution in [0.4, 0.5) is 10.8 Å². The van der Waals surface area contributed by atoms with Gasteiger partial charge < -0.3 is 9.47 Å². The average molecular weight is 412 g/mol. The maximum atomic E-state index is 10.9. The molecule has 0 radical (unpaired) electrons. The van der Waals surface area contributed by atoms with Crippen LogP contribution >= 0.6 is 11.3 Å². The number of thiazole rings is 1. The zero-order chi connectivity index (χ0) is 20.8. The van der Waals surface area contributed by atoms with Crippen LogP contribution in [0, 0.1) is 10.1 Å². The lowest BCUT2D eigenvalue weighted by Gasteiger charge is -2.13. The molecule has 0 aliphatic carbocycles. The van der Waals surface area contributed by atoms with Crippen molar-refractivity contribution >= 4 is 28.4 Å². The second-order valence-electron chi connectivity index (χ2n) is 6.29. The van der Waals surface area contributed by atoms with Crippen LogP contribution in [0.3, 0.4) is 0 Å². The minimum Gasteiger partial charge on any atom is -0.493 e. The lowest BCUT2D eigenvalue weighted by Crippen LogP contribution is -2.06. The second-order valence-corrected chi connectivity index (χ2v) is 7.15. The zero-order valence-electron chi connectivity index (χ0n) is 16.2. The highest BCUT2D eigenvalue weighted by molar-refractivity contribution is 7.14. The van der Waals surface area contributed by atoms with E-state index in [1.807, 2.05) is 37.4 Å². The predicted molar refractivity (Wildman–Crippen MR) is 114 cm³/mol. The van der Waals surface area contributed by atoms with E-state index in [2.05, 4.69) is 15.5 Å². The number of hydrogen-bond donors (Lipinski definition) is 1. The number of nitrogens with zero attached hydrogens (tertiary/aromatic N) is 3. The molecule has 0 aliphatic heterocycles. The Bertz CT molecular complexity index is 1030. The van der Waals surface area contributed by atoms with Crippen molar-refractivity contribution in [1.82, 2.24) is 4.98 Å². The van der Waals surface area contributed by atoms with Crippen molar-refractivity contribution in [3.8, 4) is 22.8 Å². The van der Waals surface area contributed by atoms with Crippen molar-refractivity contribution in [3.05, 3.63) is 63.5 Å². The number of nitro groups is 1. The summed E-state index contributed by atoms with van der Waals surface area (Å²) in [5, 5.41) is 17.5. The first kappa shape index (κ1) is 20.3. The summed E-state index contributed by atoms with van der Waals surface area (Å²) in [6.07, 6.45) is 1.70. The minimum atomic E-state index is -0.426. The Kier molecular flexibility index (Phi) is 6.40. The number of aromatic nitrogens is 1. The lowest BCUT2D eigenvalue weighted by atomic mass is 10.1. The quantitative estimate of drug-likeness (QED) is 0.319. The van der Waals surface area contributed by atoms with Gasteiger partial charge in [0, 0.05) is 23.1 Å². The first-order valence-corrected chi connectivity index (χ1v) is 9.68. The van der Waals surface area contributed by atoms with Gasteiger partial charge in [-0.05, 0) is 37.6 Å². The molecule has 0 amide bonds. The molecule has 0 bridgehead atoms. The van der Waals surface area contributed by atoms with Crippen LogP contribution in [0.1, 0.15) is 19.4 Å². The van der Waals surface area contributed by atoms with Gasteiger partial charge in [-0.3, -0.25) is 15.5 Å². The molecule has 29 heavy (non-hydrogen) atoms. The van der Waals surface area contributed by atoms with Gasteiger partial charge in [0.2, 0.25) is 5.13 Å². The topological polar surface area (TPSA) is 98.9 Å². The number of methoxy groups -OCH3 is 1. The van der Waals surface area contributed by atoms with Crippen molar-refractivity contribution in [2.45, 2.75) is 20.0 Å². The molecular formula is C20H20N4O4S. The first-order chi connectivity index (χ1) is 14.0. The van der Waals surface area contributed by atoms with Gasteiger partial charge >= 0.3 is 0 Å². The third-order valence-electron chi connectivity index (χ3n) is 3.78. The molecule has 0 saturated heterocycles. The van der Waals surface area contributed by atoms with Gasteiger partial charge in [-0.2, -0.15) is 5.10 Å².